The molecule has 3 aliphatic rings. The van der Waals surface area contributed by atoms with Gasteiger partial charge in [0.1, 0.15) is 17.2 Å². The first kappa shape index (κ1) is 26.5. The van der Waals surface area contributed by atoms with Crippen LogP contribution in [-0.2, 0) is 11.3 Å². The molecule has 0 amide bonds. The van der Waals surface area contributed by atoms with Crippen molar-refractivity contribution in [1.29, 1.82) is 0 Å². The molecule has 4 atom stereocenters. The number of nitrogens with zero attached hydrogens (tertiary/aromatic N) is 4. The zero-order valence-electron chi connectivity index (χ0n) is 22.0. The normalized spacial score (nSPS) is 25.9. The van der Waals surface area contributed by atoms with Crippen molar-refractivity contribution < 1.29 is 37.1 Å². The summed E-state index contributed by atoms with van der Waals surface area (Å²) in [7, 11) is 0. The van der Waals surface area contributed by atoms with E-state index in [4.69, 9.17) is 9.26 Å². The summed E-state index contributed by atoms with van der Waals surface area (Å²) in [5, 5.41) is 13.4. The lowest BCUT2D eigenvalue weighted by Crippen LogP contribution is -2.36. The first-order chi connectivity index (χ1) is 19.1. The number of fused-ring (bicyclic) bond motifs is 1. The second kappa shape index (κ2) is 9.76. The molecular weight excluding hydrogens is 529 g/mol. The molecule has 1 saturated heterocycles. The Morgan fingerprint density at radius 3 is 2.58 bits per heavy atom. The molecule has 0 radical (unpaired) electrons. The van der Waals surface area contributed by atoms with E-state index in [0.717, 1.165) is 32.1 Å². The number of para-hydroxylation sites is 1. The van der Waals surface area contributed by atoms with E-state index >= 15 is 0 Å². The molecule has 2 aromatic heterocycles. The van der Waals surface area contributed by atoms with Crippen LogP contribution in [0.5, 0.6) is 5.75 Å². The van der Waals surface area contributed by atoms with Gasteiger partial charge in [0.25, 0.3) is 0 Å². The number of rotatable bonds is 9. The van der Waals surface area contributed by atoms with Gasteiger partial charge in [-0.3, -0.25) is 0 Å². The highest BCUT2D eigenvalue weighted by molar-refractivity contribution is 5.86. The van der Waals surface area contributed by atoms with Crippen LogP contribution in [0.15, 0.2) is 41.2 Å². The number of aromatic carboxylic acids is 1. The van der Waals surface area contributed by atoms with E-state index in [0.29, 0.717) is 23.0 Å². The number of carboxylic acid groups (broad SMARTS) is 1. The Bertz CT molecular complexity index is 1410. The number of halogens is 3. The van der Waals surface area contributed by atoms with Gasteiger partial charge in [-0.25, -0.2) is 14.8 Å². The second-order valence-corrected chi connectivity index (χ2v) is 10.8. The summed E-state index contributed by atoms with van der Waals surface area (Å²) in [4.78, 5) is 22.0. The van der Waals surface area contributed by atoms with Crippen molar-refractivity contribution in [3.05, 3.63) is 53.5 Å². The summed E-state index contributed by atoms with van der Waals surface area (Å²) in [6.07, 6.45) is 1.93. The van der Waals surface area contributed by atoms with Gasteiger partial charge in [-0.1, -0.05) is 31.1 Å². The third-order valence-electron chi connectivity index (χ3n) is 8.49. The Morgan fingerprint density at radius 1 is 1.20 bits per heavy atom. The molecule has 2 aliphatic carbocycles. The topological polar surface area (TPSA) is 111 Å². The molecule has 3 heterocycles. The maximum atomic E-state index is 13.1. The van der Waals surface area contributed by atoms with Crippen molar-refractivity contribution in [2.45, 2.75) is 82.5 Å². The number of ether oxygens (including phenoxy) is 2. The number of carbonyl (C=O) groups is 1. The molecule has 40 heavy (non-hydrogen) atoms. The molecule has 3 aromatic rings. The minimum absolute atomic E-state index is 0.0339. The van der Waals surface area contributed by atoms with Crippen molar-refractivity contribution in [2.75, 3.05) is 4.90 Å². The summed E-state index contributed by atoms with van der Waals surface area (Å²) in [5.41, 5.74) is 1.06. The highest BCUT2D eigenvalue weighted by Gasteiger charge is 2.67. The van der Waals surface area contributed by atoms with E-state index < -0.39 is 12.3 Å². The second-order valence-electron chi connectivity index (χ2n) is 10.8. The average molecular weight is 559 g/mol. The van der Waals surface area contributed by atoms with E-state index in [1.54, 1.807) is 6.07 Å². The molecule has 0 bridgehead atoms. The van der Waals surface area contributed by atoms with E-state index in [1.165, 1.54) is 30.6 Å². The van der Waals surface area contributed by atoms with Crippen molar-refractivity contribution in [3.8, 4) is 17.0 Å². The SMILES string of the molecule is CCC12C(C[C@@H](OCc3c(-c4ccccc4OC(F)(F)F)noc3C3CC3)C[C@@H]1C)N2c1ncc(C(=O)O)cn1. The van der Waals surface area contributed by atoms with Gasteiger partial charge in [-0.15, -0.1) is 13.2 Å². The Kier molecular flexibility index (Phi) is 6.47. The fourth-order valence-electron chi connectivity index (χ4n) is 6.42. The Morgan fingerprint density at radius 2 is 1.93 bits per heavy atom. The average Bonchev–Trinajstić information content (AvgIpc) is 3.83. The van der Waals surface area contributed by atoms with Crippen LogP contribution in [-0.4, -0.2) is 50.2 Å². The number of benzene rings is 1. The number of alkyl halides is 3. The summed E-state index contributed by atoms with van der Waals surface area (Å²) in [5.74, 6) is 0.168. The molecule has 212 valence electrons. The smallest absolute Gasteiger partial charge is 0.478 e. The predicted octanol–water partition coefficient (Wildman–Crippen LogP) is 5.96. The van der Waals surface area contributed by atoms with Gasteiger partial charge in [-0.05, 0) is 50.2 Å². The van der Waals surface area contributed by atoms with Crippen molar-refractivity contribution in [1.82, 2.24) is 15.1 Å². The van der Waals surface area contributed by atoms with E-state index in [2.05, 4.69) is 38.6 Å². The maximum Gasteiger partial charge on any atom is 0.573 e. The van der Waals surface area contributed by atoms with Gasteiger partial charge in [0.15, 0.2) is 0 Å². The van der Waals surface area contributed by atoms with Crippen LogP contribution in [0.25, 0.3) is 11.3 Å². The highest BCUT2D eigenvalue weighted by Crippen LogP contribution is 2.58. The maximum absolute atomic E-state index is 13.1. The van der Waals surface area contributed by atoms with Crippen LogP contribution >= 0.6 is 0 Å². The van der Waals surface area contributed by atoms with Gasteiger partial charge >= 0.3 is 12.3 Å². The fraction of sp³-hybridized carbons (Fsp3) is 0.500. The summed E-state index contributed by atoms with van der Waals surface area (Å²) < 4.78 is 55.6. The Balaban J connectivity index is 1.22. The van der Waals surface area contributed by atoms with Gasteiger partial charge in [-0.2, -0.15) is 0 Å². The zero-order valence-corrected chi connectivity index (χ0v) is 22.0. The number of anilines is 1. The van der Waals surface area contributed by atoms with Crippen LogP contribution in [0.4, 0.5) is 19.1 Å². The largest absolute Gasteiger partial charge is 0.573 e. The van der Waals surface area contributed by atoms with E-state index in [-0.39, 0.29) is 53.0 Å². The number of hydrogen-bond acceptors (Lipinski definition) is 8. The van der Waals surface area contributed by atoms with E-state index in [1.807, 2.05) is 0 Å². The minimum Gasteiger partial charge on any atom is -0.478 e. The third kappa shape index (κ3) is 4.67. The van der Waals surface area contributed by atoms with Gasteiger partial charge < -0.3 is 24.0 Å². The van der Waals surface area contributed by atoms with Crippen molar-refractivity contribution in [3.63, 3.8) is 0 Å². The Labute approximate surface area is 228 Å². The zero-order chi connectivity index (χ0) is 28.2. The number of hydrogen-bond donors (Lipinski definition) is 1. The third-order valence-corrected chi connectivity index (χ3v) is 8.49. The first-order valence-corrected chi connectivity index (χ1v) is 13.4. The van der Waals surface area contributed by atoms with Crippen LogP contribution < -0.4 is 9.64 Å². The highest BCUT2D eigenvalue weighted by atomic mass is 19.4. The minimum atomic E-state index is -4.84. The molecule has 1 aromatic carbocycles. The predicted molar refractivity (Wildman–Crippen MR) is 136 cm³/mol. The fourth-order valence-corrected chi connectivity index (χ4v) is 6.42. The Hall–Kier alpha value is -3.67. The van der Waals surface area contributed by atoms with Gasteiger partial charge in [0.2, 0.25) is 5.95 Å². The lowest BCUT2D eigenvalue weighted by molar-refractivity contribution is -0.274. The molecule has 9 nitrogen and oxygen atoms in total. The quantitative estimate of drug-likeness (QED) is 0.318. The summed E-state index contributed by atoms with van der Waals surface area (Å²) in [6.45, 7) is 4.45. The van der Waals surface area contributed by atoms with Crippen molar-refractivity contribution >= 4 is 11.9 Å². The van der Waals surface area contributed by atoms with Gasteiger partial charge in [0, 0.05) is 29.4 Å². The molecule has 1 N–H and O–H groups in total. The molecule has 6 rings (SSSR count). The lowest BCUT2D eigenvalue weighted by atomic mass is 9.77. The molecule has 3 fully saturated rings. The molecule has 2 saturated carbocycles. The van der Waals surface area contributed by atoms with Gasteiger partial charge in [0.05, 0.1) is 29.9 Å². The van der Waals surface area contributed by atoms with Crippen LogP contribution in [0.2, 0.25) is 0 Å². The van der Waals surface area contributed by atoms with Crippen LogP contribution in [0.3, 0.4) is 0 Å². The standard InChI is InChI=1S/C28H29F3N4O5/c1-3-27-15(2)10-18(11-22(27)35(27)26-32-12-17(13-33-26)25(36)37)38-14-20-23(34-40-24(20)16-8-9-16)19-6-4-5-7-21(19)39-28(29,30)31/h4-7,12-13,15-16,18,22H,3,8-11,14H2,1-2H3,(H,36,37)/t15-,18-,22?,27?,35?/m0/s1. The number of carboxylic acids is 1. The van der Waals surface area contributed by atoms with Crippen LogP contribution in [0.1, 0.15) is 73.6 Å². The molecule has 2 unspecified atom stereocenters. The molecule has 12 heteroatoms. The molecular formula is C28H29F3N4O5. The summed E-state index contributed by atoms with van der Waals surface area (Å²) in [6, 6.07) is 6.04. The monoisotopic (exact) mass is 558 g/mol. The molecule has 0 spiro atoms. The van der Waals surface area contributed by atoms with Crippen LogP contribution in [0, 0.1) is 5.92 Å². The lowest BCUT2D eigenvalue weighted by Gasteiger charge is -2.31. The van der Waals surface area contributed by atoms with E-state index in [9.17, 15) is 23.1 Å². The first-order valence-electron chi connectivity index (χ1n) is 13.4. The molecule has 1 aliphatic heterocycles. The number of aromatic nitrogens is 3. The summed E-state index contributed by atoms with van der Waals surface area (Å²) >= 11 is 0. The van der Waals surface area contributed by atoms with Crippen molar-refractivity contribution in [2.24, 2.45) is 5.92 Å².